The first kappa shape index (κ1) is 16.2. The van der Waals surface area contributed by atoms with Gasteiger partial charge in [0.25, 0.3) is 0 Å². The molecule has 0 saturated heterocycles. The summed E-state index contributed by atoms with van der Waals surface area (Å²) in [5.41, 5.74) is 3.17. The summed E-state index contributed by atoms with van der Waals surface area (Å²) in [7, 11) is 0. The van der Waals surface area contributed by atoms with E-state index >= 15 is 0 Å². The van der Waals surface area contributed by atoms with E-state index < -0.39 is 0 Å². The molecule has 3 unspecified atom stereocenters. The number of benzene rings is 2. The van der Waals surface area contributed by atoms with Crippen LogP contribution >= 0.6 is 15.9 Å². The highest BCUT2D eigenvalue weighted by atomic mass is 79.9. The molecule has 0 heterocycles. The Kier molecular flexibility index (Phi) is 5.58. The van der Waals surface area contributed by atoms with E-state index in [9.17, 15) is 4.39 Å². The van der Waals surface area contributed by atoms with Gasteiger partial charge in [0.2, 0.25) is 0 Å². The lowest BCUT2D eigenvalue weighted by Crippen LogP contribution is -2.15. The van der Waals surface area contributed by atoms with Gasteiger partial charge in [-0.15, -0.1) is 0 Å². The Bertz CT molecular complexity index is 579. The normalized spacial score (nSPS) is 15.5. The van der Waals surface area contributed by atoms with Gasteiger partial charge in [-0.25, -0.2) is 4.39 Å². The molecule has 0 spiro atoms. The van der Waals surface area contributed by atoms with Gasteiger partial charge < -0.3 is 0 Å². The SMILES string of the molecule is CCC(C)C(c1ccccc1)C(Br)c1ccc(F)c(C)c1. The van der Waals surface area contributed by atoms with Crippen LogP contribution in [0, 0.1) is 18.7 Å². The number of alkyl halides is 1. The Balaban J connectivity index is 2.38. The van der Waals surface area contributed by atoms with Crippen molar-refractivity contribution >= 4 is 15.9 Å². The molecule has 0 nitrogen and oxygen atoms in total. The molecule has 2 heteroatoms. The van der Waals surface area contributed by atoms with Gasteiger partial charge in [-0.05, 0) is 35.6 Å². The summed E-state index contributed by atoms with van der Waals surface area (Å²) in [5, 5.41) is 0. The average Bonchev–Trinajstić information content (AvgIpc) is 2.51. The van der Waals surface area contributed by atoms with E-state index in [1.165, 1.54) is 5.56 Å². The van der Waals surface area contributed by atoms with Crippen molar-refractivity contribution in [1.29, 1.82) is 0 Å². The minimum atomic E-state index is -0.141. The molecule has 0 bridgehead atoms. The minimum absolute atomic E-state index is 0.141. The Morgan fingerprint density at radius 2 is 1.71 bits per heavy atom. The summed E-state index contributed by atoms with van der Waals surface area (Å²) in [6.45, 7) is 6.32. The topological polar surface area (TPSA) is 0 Å². The molecule has 0 saturated carbocycles. The average molecular weight is 349 g/mol. The number of hydrogen-bond donors (Lipinski definition) is 0. The van der Waals surface area contributed by atoms with Crippen LogP contribution in [0.25, 0.3) is 0 Å². The molecule has 0 aliphatic rings. The first-order valence-corrected chi connectivity index (χ1v) is 8.41. The summed E-state index contributed by atoms with van der Waals surface area (Å²) in [5.74, 6) is 0.779. The highest BCUT2D eigenvalue weighted by molar-refractivity contribution is 9.09. The van der Waals surface area contributed by atoms with E-state index in [0.29, 0.717) is 17.4 Å². The van der Waals surface area contributed by atoms with Gasteiger partial charge in [0.15, 0.2) is 0 Å². The maximum absolute atomic E-state index is 13.5. The van der Waals surface area contributed by atoms with Crippen molar-refractivity contribution in [3.8, 4) is 0 Å². The third-order valence-electron chi connectivity index (χ3n) is 4.26. The van der Waals surface area contributed by atoms with Gasteiger partial charge in [0, 0.05) is 10.7 Å². The molecule has 0 aliphatic heterocycles. The quantitative estimate of drug-likeness (QED) is 0.548. The van der Waals surface area contributed by atoms with Crippen molar-refractivity contribution in [2.24, 2.45) is 5.92 Å². The zero-order valence-electron chi connectivity index (χ0n) is 12.8. The van der Waals surface area contributed by atoms with Crippen molar-refractivity contribution in [1.82, 2.24) is 0 Å². The fourth-order valence-electron chi connectivity index (χ4n) is 2.76. The molecule has 0 aromatic heterocycles. The molecule has 21 heavy (non-hydrogen) atoms. The monoisotopic (exact) mass is 348 g/mol. The second-order valence-corrected chi connectivity index (χ2v) is 6.72. The summed E-state index contributed by atoms with van der Waals surface area (Å²) < 4.78 is 13.5. The number of halogens is 2. The van der Waals surface area contributed by atoms with Crippen LogP contribution in [0.4, 0.5) is 4.39 Å². The van der Waals surface area contributed by atoms with Crippen LogP contribution in [0.3, 0.4) is 0 Å². The van der Waals surface area contributed by atoms with Crippen LogP contribution < -0.4 is 0 Å². The van der Waals surface area contributed by atoms with Crippen molar-refractivity contribution in [2.75, 3.05) is 0 Å². The Morgan fingerprint density at radius 1 is 1.05 bits per heavy atom. The van der Waals surface area contributed by atoms with Crippen molar-refractivity contribution in [3.05, 3.63) is 71.0 Å². The predicted molar refractivity (Wildman–Crippen MR) is 91.4 cm³/mol. The molecule has 2 aromatic rings. The first-order valence-electron chi connectivity index (χ1n) is 7.49. The number of rotatable bonds is 5. The fraction of sp³-hybridized carbons (Fsp3) is 0.368. The van der Waals surface area contributed by atoms with Gasteiger partial charge in [-0.2, -0.15) is 0 Å². The molecule has 2 rings (SSSR count). The highest BCUT2D eigenvalue weighted by Crippen LogP contribution is 2.43. The van der Waals surface area contributed by atoms with Crippen LogP contribution in [-0.4, -0.2) is 0 Å². The maximum atomic E-state index is 13.5. The largest absolute Gasteiger partial charge is 0.207 e. The third kappa shape index (κ3) is 3.74. The molecule has 0 aliphatic carbocycles. The molecule has 0 radical (unpaired) electrons. The molecule has 0 amide bonds. The number of aryl methyl sites for hydroxylation is 1. The van der Waals surface area contributed by atoms with Crippen LogP contribution in [0.15, 0.2) is 48.5 Å². The second-order valence-electron chi connectivity index (χ2n) is 5.73. The standard InChI is InChI=1S/C19H22BrF/c1-4-13(2)18(15-8-6-5-7-9-15)19(20)16-10-11-17(21)14(3)12-16/h5-13,18-19H,4H2,1-3H3. The smallest absolute Gasteiger partial charge is 0.126 e. The van der Waals surface area contributed by atoms with E-state index in [0.717, 1.165) is 12.0 Å². The van der Waals surface area contributed by atoms with E-state index in [4.69, 9.17) is 0 Å². The van der Waals surface area contributed by atoms with E-state index in [1.54, 1.807) is 6.07 Å². The van der Waals surface area contributed by atoms with E-state index in [-0.39, 0.29) is 10.6 Å². The molecular weight excluding hydrogens is 327 g/mol. The Labute approximate surface area is 135 Å². The van der Waals surface area contributed by atoms with E-state index in [1.807, 2.05) is 25.1 Å². The van der Waals surface area contributed by atoms with Gasteiger partial charge >= 0.3 is 0 Å². The zero-order valence-corrected chi connectivity index (χ0v) is 14.4. The Hall–Kier alpha value is -1.15. The van der Waals surface area contributed by atoms with Crippen LogP contribution in [0.1, 0.15) is 47.7 Å². The number of hydrogen-bond acceptors (Lipinski definition) is 0. The first-order chi connectivity index (χ1) is 10.0. The van der Waals surface area contributed by atoms with Crippen molar-refractivity contribution in [2.45, 2.75) is 37.9 Å². The summed E-state index contributed by atoms with van der Waals surface area (Å²) >= 11 is 3.87. The summed E-state index contributed by atoms with van der Waals surface area (Å²) in [6.07, 6.45) is 1.11. The molecular formula is C19H22BrF. The Morgan fingerprint density at radius 3 is 2.29 bits per heavy atom. The highest BCUT2D eigenvalue weighted by Gasteiger charge is 2.27. The molecule has 2 aromatic carbocycles. The van der Waals surface area contributed by atoms with E-state index in [2.05, 4.69) is 54.0 Å². The predicted octanol–water partition coefficient (Wildman–Crippen LogP) is 6.40. The maximum Gasteiger partial charge on any atom is 0.126 e. The molecule has 0 fully saturated rings. The molecule has 3 atom stereocenters. The lowest BCUT2D eigenvalue weighted by atomic mass is 9.81. The fourth-order valence-corrected chi connectivity index (χ4v) is 3.87. The van der Waals surface area contributed by atoms with Gasteiger partial charge in [-0.1, -0.05) is 78.7 Å². The van der Waals surface area contributed by atoms with Crippen molar-refractivity contribution in [3.63, 3.8) is 0 Å². The summed E-state index contributed by atoms with van der Waals surface area (Å²) in [6, 6.07) is 16.0. The molecule has 0 N–H and O–H groups in total. The third-order valence-corrected chi connectivity index (χ3v) is 5.36. The van der Waals surface area contributed by atoms with Crippen LogP contribution in [0.5, 0.6) is 0 Å². The summed E-state index contributed by atoms with van der Waals surface area (Å²) in [4.78, 5) is 0.189. The molecule has 112 valence electrons. The lowest BCUT2D eigenvalue weighted by Gasteiger charge is -2.29. The second kappa shape index (κ2) is 7.22. The van der Waals surface area contributed by atoms with Gasteiger partial charge in [0.05, 0.1) is 0 Å². The van der Waals surface area contributed by atoms with Gasteiger partial charge in [0.1, 0.15) is 5.82 Å². The van der Waals surface area contributed by atoms with Crippen LogP contribution in [-0.2, 0) is 0 Å². The lowest BCUT2D eigenvalue weighted by molar-refractivity contribution is 0.440. The minimum Gasteiger partial charge on any atom is -0.207 e. The van der Waals surface area contributed by atoms with Crippen molar-refractivity contribution < 1.29 is 4.39 Å². The van der Waals surface area contributed by atoms with Gasteiger partial charge in [-0.3, -0.25) is 0 Å². The van der Waals surface area contributed by atoms with Crippen LogP contribution in [0.2, 0.25) is 0 Å². The zero-order chi connectivity index (χ0) is 15.4.